The van der Waals surface area contributed by atoms with Gasteiger partial charge in [-0.25, -0.2) is 13.2 Å². The largest absolute Gasteiger partial charge is 0.372 e. The monoisotopic (exact) mass is 557 g/mol. The average Bonchev–Trinajstić information content (AvgIpc) is 3.11. The van der Waals surface area contributed by atoms with Crippen LogP contribution in [0.4, 0.5) is 18.9 Å². The Morgan fingerprint density at radius 2 is 1.87 bits per heavy atom. The Kier molecular flexibility index (Phi) is 7.39. The number of carbonyl (C=O) groups is 2. The molecule has 1 saturated carbocycles. The van der Waals surface area contributed by atoms with Gasteiger partial charge in [0.1, 0.15) is 11.5 Å². The quantitative estimate of drug-likeness (QED) is 0.408. The first kappa shape index (κ1) is 27.1. The van der Waals surface area contributed by atoms with Gasteiger partial charge in [0.25, 0.3) is 18.2 Å². The highest BCUT2D eigenvalue weighted by Gasteiger charge is 2.52. The van der Waals surface area contributed by atoms with Crippen molar-refractivity contribution in [2.24, 2.45) is 5.92 Å². The minimum absolute atomic E-state index is 0.0590. The Labute approximate surface area is 228 Å². The second kappa shape index (κ2) is 10.6. The highest BCUT2D eigenvalue weighted by molar-refractivity contribution is 6.30. The van der Waals surface area contributed by atoms with Crippen molar-refractivity contribution in [2.45, 2.75) is 50.7 Å². The molecule has 5 rings (SSSR count). The van der Waals surface area contributed by atoms with Crippen molar-refractivity contribution < 1.29 is 27.9 Å². The number of anilines is 1. The molecule has 6 nitrogen and oxygen atoms in total. The Morgan fingerprint density at radius 3 is 2.56 bits per heavy atom. The Balaban J connectivity index is 1.29. The molecule has 0 bridgehead atoms. The number of amides is 2. The topological polar surface area (TPSA) is 82.5 Å². The van der Waals surface area contributed by atoms with Crippen molar-refractivity contribution in [1.29, 1.82) is 0 Å². The number of rotatable bonds is 6. The standard InChI is InChI=1S/C29H27ClF3N3O3/c1-16-6-11-24-22(12-16)29(39,21-4-2-3-5-23(21)31)28(38)36(24)15-17-7-9-19(10-8-17)35-27(37)20-13-18(30)14-34-25(20)26(32)33/h2-6,11-14,17,19,26,39H,7-10,15H2,1H3,(H,35,37)/t17-,19-,29?. The smallest absolute Gasteiger partial charge is 0.281 e. The van der Waals surface area contributed by atoms with Crippen molar-refractivity contribution in [3.05, 3.63) is 93.5 Å². The van der Waals surface area contributed by atoms with Gasteiger partial charge in [-0.2, -0.15) is 0 Å². The molecule has 39 heavy (non-hydrogen) atoms. The number of fused-ring (bicyclic) bond motifs is 1. The highest BCUT2D eigenvalue weighted by Crippen LogP contribution is 2.46. The van der Waals surface area contributed by atoms with E-state index in [1.807, 2.05) is 13.0 Å². The number of pyridine rings is 1. The molecule has 204 valence electrons. The maximum absolute atomic E-state index is 14.8. The first-order valence-electron chi connectivity index (χ1n) is 12.7. The lowest BCUT2D eigenvalue weighted by Crippen LogP contribution is -2.45. The summed E-state index contributed by atoms with van der Waals surface area (Å²) in [5.41, 5.74) is -1.36. The molecule has 2 aromatic carbocycles. The fourth-order valence-corrected chi connectivity index (χ4v) is 5.77. The summed E-state index contributed by atoms with van der Waals surface area (Å²) in [6.07, 6.45) is 0.639. The van der Waals surface area contributed by atoms with Crippen LogP contribution in [0, 0.1) is 18.7 Å². The number of aromatic nitrogens is 1. The molecule has 2 aliphatic rings. The molecule has 1 atom stereocenters. The van der Waals surface area contributed by atoms with Gasteiger partial charge in [-0.05, 0) is 56.7 Å². The number of hydrogen-bond donors (Lipinski definition) is 2. The Hall–Kier alpha value is -3.43. The van der Waals surface area contributed by atoms with Gasteiger partial charge < -0.3 is 15.3 Å². The molecule has 1 aromatic heterocycles. The Morgan fingerprint density at radius 1 is 1.15 bits per heavy atom. The van der Waals surface area contributed by atoms with Crippen LogP contribution in [-0.2, 0) is 10.4 Å². The molecular formula is C29H27ClF3N3O3. The van der Waals surface area contributed by atoms with Gasteiger partial charge in [0.15, 0.2) is 5.60 Å². The molecule has 0 saturated heterocycles. The van der Waals surface area contributed by atoms with Gasteiger partial charge in [0.2, 0.25) is 0 Å². The van der Waals surface area contributed by atoms with Crippen molar-refractivity contribution in [2.75, 3.05) is 11.4 Å². The van der Waals surface area contributed by atoms with Gasteiger partial charge in [0.05, 0.1) is 16.3 Å². The fraction of sp³-hybridized carbons (Fsp3) is 0.345. The fourth-order valence-electron chi connectivity index (χ4n) is 5.61. The lowest BCUT2D eigenvalue weighted by atomic mass is 9.85. The third-order valence-corrected chi connectivity index (χ3v) is 7.82. The third-order valence-electron chi connectivity index (χ3n) is 7.61. The van der Waals surface area contributed by atoms with Crippen LogP contribution in [-0.4, -0.2) is 34.5 Å². The summed E-state index contributed by atoms with van der Waals surface area (Å²) in [6, 6.07) is 12.0. The van der Waals surface area contributed by atoms with E-state index in [9.17, 15) is 27.9 Å². The van der Waals surface area contributed by atoms with Crippen molar-refractivity contribution in [3.63, 3.8) is 0 Å². The maximum atomic E-state index is 14.8. The van der Waals surface area contributed by atoms with E-state index in [1.54, 1.807) is 18.2 Å². The van der Waals surface area contributed by atoms with Crippen LogP contribution in [0.3, 0.4) is 0 Å². The molecule has 2 heterocycles. The summed E-state index contributed by atoms with van der Waals surface area (Å²) >= 11 is 5.87. The van der Waals surface area contributed by atoms with Crippen molar-refractivity contribution >= 4 is 29.1 Å². The zero-order chi connectivity index (χ0) is 27.9. The zero-order valence-electron chi connectivity index (χ0n) is 21.1. The molecule has 0 radical (unpaired) electrons. The van der Waals surface area contributed by atoms with E-state index in [0.717, 1.165) is 11.8 Å². The summed E-state index contributed by atoms with van der Waals surface area (Å²) in [5.74, 6) is -1.86. The van der Waals surface area contributed by atoms with Gasteiger partial charge in [0, 0.05) is 29.9 Å². The average molecular weight is 558 g/mol. The number of aryl methyl sites for hydroxylation is 1. The van der Waals surface area contributed by atoms with Gasteiger partial charge >= 0.3 is 0 Å². The van der Waals surface area contributed by atoms with E-state index in [-0.39, 0.29) is 28.1 Å². The maximum Gasteiger partial charge on any atom is 0.281 e. The van der Waals surface area contributed by atoms with Crippen LogP contribution >= 0.6 is 11.6 Å². The molecule has 2 amide bonds. The molecule has 1 aliphatic heterocycles. The Bertz CT molecular complexity index is 1430. The zero-order valence-corrected chi connectivity index (χ0v) is 21.9. The number of halogens is 4. The predicted molar refractivity (Wildman–Crippen MR) is 140 cm³/mol. The number of benzene rings is 2. The summed E-state index contributed by atoms with van der Waals surface area (Å²) in [6.45, 7) is 2.16. The van der Waals surface area contributed by atoms with Crippen molar-refractivity contribution in [3.8, 4) is 0 Å². The van der Waals surface area contributed by atoms with E-state index in [1.165, 1.54) is 29.2 Å². The van der Waals surface area contributed by atoms with E-state index in [0.29, 0.717) is 43.5 Å². The van der Waals surface area contributed by atoms with Crippen LogP contribution in [0.1, 0.15) is 64.9 Å². The second-order valence-corrected chi connectivity index (χ2v) is 10.6. The van der Waals surface area contributed by atoms with Crippen LogP contribution in [0.5, 0.6) is 0 Å². The summed E-state index contributed by atoms with van der Waals surface area (Å²) in [5, 5.41) is 14.6. The number of alkyl halides is 2. The van der Waals surface area contributed by atoms with Crippen LogP contribution in [0.25, 0.3) is 0 Å². The summed E-state index contributed by atoms with van der Waals surface area (Å²) in [7, 11) is 0. The number of carbonyl (C=O) groups excluding carboxylic acids is 2. The van der Waals surface area contributed by atoms with E-state index in [2.05, 4.69) is 10.3 Å². The highest BCUT2D eigenvalue weighted by atomic mass is 35.5. The number of nitrogens with zero attached hydrogens (tertiary/aromatic N) is 2. The number of aliphatic hydroxyl groups is 1. The molecule has 10 heteroatoms. The normalized spacial score (nSPS) is 22.7. The molecule has 1 aliphatic carbocycles. The van der Waals surface area contributed by atoms with Gasteiger partial charge in [-0.1, -0.05) is 47.5 Å². The minimum Gasteiger partial charge on any atom is -0.372 e. The third kappa shape index (κ3) is 5.01. The molecule has 3 aromatic rings. The molecule has 2 N–H and O–H groups in total. The SMILES string of the molecule is Cc1ccc2c(c1)C(O)(c1ccccc1F)C(=O)N2C[C@H]1CC[C@H](NC(=O)c2cc(Cl)cnc2C(F)F)CC1. The lowest BCUT2D eigenvalue weighted by Gasteiger charge is -2.32. The van der Waals surface area contributed by atoms with Gasteiger partial charge in [-0.15, -0.1) is 0 Å². The van der Waals surface area contributed by atoms with E-state index in [4.69, 9.17) is 11.6 Å². The number of nitrogens with one attached hydrogen (secondary N) is 1. The molecular weight excluding hydrogens is 531 g/mol. The van der Waals surface area contributed by atoms with Gasteiger partial charge in [-0.3, -0.25) is 14.6 Å². The van der Waals surface area contributed by atoms with Crippen molar-refractivity contribution in [1.82, 2.24) is 10.3 Å². The minimum atomic E-state index is -2.91. The molecule has 0 spiro atoms. The second-order valence-electron chi connectivity index (χ2n) is 10.2. The lowest BCUT2D eigenvalue weighted by molar-refractivity contribution is -0.132. The molecule has 1 fully saturated rings. The van der Waals surface area contributed by atoms with E-state index >= 15 is 0 Å². The number of hydrogen-bond acceptors (Lipinski definition) is 4. The first-order valence-corrected chi connectivity index (χ1v) is 13.1. The van der Waals surface area contributed by atoms with Crippen LogP contribution in [0.15, 0.2) is 54.7 Å². The van der Waals surface area contributed by atoms with Crippen LogP contribution < -0.4 is 10.2 Å². The predicted octanol–water partition coefficient (Wildman–Crippen LogP) is 5.69. The molecule has 1 unspecified atom stereocenters. The summed E-state index contributed by atoms with van der Waals surface area (Å²) in [4.78, 5) is 31.5. The van der Waals surface area contributed by atoms with Crippen LogP contribution in [0.2, 0.25) is 5.02 Å². The summed E-state index contributed by atoms with van der Waals surface area (Å²) < 4.78 is 41.4. The first-order chi connectivity index (χ1) is 18.6. The van der Waals surface area contributed by atoms with E-state index < -0.39 is 35.4 Å².